The molecule has 4 aromatic rings. The molecule has 94 valence electrons. The molecule has 0 fully saturated rings. The molecule has 4 rings (SSSR count). The first-order valence-corrected chi connectivity index (χ1v) is 6.70. The topological polar surface area (TPSA) is 11.3 Å². The van der Waals surface area contributed by atoms with Crippen molar-refractivity contribution < 1.29 is 4.42 Å². The third-order valence-electron chi connectivity index (χ3n) is 3.65. The Bertz CT molecular complexity index is 895. The first-order chi connectivity index (χ1) is 9.92. The van der Waals surface area contributed by atoms with E-state index in [1.54, 1.807) is 0 Å². The van der Waals surface area contributed by atoms with Crippen molar-refractivity contribution >= 4 is 21.7 Å². The molecule has 1 heteroatoms. The molecule has 0 saturated heterocycles. The van der Waals surface area contributed by atoms with Gasteiger partial charge < -0.3 is 0 Å². The van der Waals surface area contributed by atoms with Gasteiger partial charge in [-0.15, -0.1) is 0 Å². The number of hydrogen-bond donors (Lipinski definition) is 0. The van der Waals surface area contributed by atoms with Gasteiger partial charge >= 0.3 is 11.8 Å². The molecule has 0 aliphatic heterocycles. The van der Waals surface area contributed by atoms with Gasteiger partial charge in [0.05, 0.1) is 10.9 Å². The van der Waals surface area contributed by atoms with Gasteiger partial charge in [-0.3, -0.25) is 0 Å². The summed E-state index contributed by atoms with van der Waals surface area (Å²) in [6, 6.07) is 25.0. The molecule has 0 unspecified atom stereocenters. The maximum Gasteiger partial charge on any atom is 0.360 e. The van der Waals surface area contributed by atoms with Crippen molar-refractivity contribution in [3.8, 4) is 11.1 Å². The molecule has 1 nitrogen and oxygen atoms in total. The molecule has 0 bridgehead atoms. The largest absolute Gasteiger partial charge is 0.360 e. The molecule has 0 saturated carbocycles. The Hall–Kier alpha value is -2.67. The maximum atomic E-state index is 5.81. The van der Waals surface area contributed by atoms with Gasteiger partial charge in [-0.1, -0.05) is 54.6 Å². The molecule has 0 radical (unpaired) electrons. The Labute approximate surface area is 117 Å². The van der Waals surface area contributed by atoms with Crippen molar-refractivity contribution in [3.63, 3.8) is 0 Å². The van der Waals surface area contributed by atoms with Crippen LogP contribution in [0.15, 0.2) is 83.5 Å². The summed E-state index contributed by atoms with van der Waals surface area (Å²) in [4.78, 5) is 0. The summed E-state index contributed by atoms with van der Waals surface area (Å²) in [5.74, 6) is 0. The number of benzene rings is 3. The van der Waals surface area contributed by atoms with Crippen molar-refractivity contribution in [1.82, 2.24) is 0 Å². The molecule has 0 spiro atoms. The maximum absolute atomic E-state index is 5.81. The zero-order chi connectivity index (χ0) is 13.4. The van der Waals surface area contributed by atoms with Crippen molar-refractivity contribution in [2.24, 2.45) is 0 Å². The van der Waals surface area contributed by atoms with E-state index in [0.29, 0.717) is 0 Å². The molecule has 0 atom stereocenters. The molecule has 0 aliphatic rings. The summed E-state index contributed by atoms with van der Waals surface area (Å²) in [6.45, 7) is 0. The Balaban J connectivity index is 2.05. The van der Waals surface area contributed by atoms with Gasteiger partial charge in [0.2, 0.25) is 0 Å². The quantitative estimate of drug-likeness (QED) is 0.322. The summed E-state index contributed by atoms with van der Waals surface area (Å²) >= 11 is 0. The Morgan fingerprint density at radius 1 is 0.600 bits per heavy atom. The van der Waals surface area contributed by atoms with Gasteiger partial charge in [0.15, 0.2) is 0 Å². The van der Waals surface area contributed by atoms with Crippen molar-refractivity contribution in [1.29, 1.82) is 0 Å². The second-order valence-electron chi connectivity index (χ2n) is 4.90. The van der Waals surface area contributed by atoms with E-state index in [4.69, 9.17) is 4.42 Å². The summed E-state index contributed by atoms with van der Waals surface area (Å²) < 4.78 is 5.81. The summed E-state index contributed by atoms with van der Waals surface area (Å²) in [6.07, 6.45) is 1.83. The fourth-order valence-electron chi connectivity index (χ4n) is 2.63. The van der Waals surface area contributed by atoms with E-state index in [1.165, 1.54) is 16.3 Å². The van der Waals surface area contributed by atoms with E-state index in [9.17, 15) is 0 Å². The van der Waals surface area contributed by atoms with E-state index < -0.39 is 0 Å². The number of rotatable bonds is 1. The van der Waals surface area contributed by atoms with Crippen molar-refractivity contribution in [2.45, 2.75) is 0 Å². The molecule has 3 aromatic carbocycles. The highest BCUT2D eigenvalue weighted by Crippen LogP contribution is 2.29. The second-order valence-corrected chi connectivity index (χ2v) is 4.90. The van der Waals surface area contributed by atoms with Crippen LogP contribution in [0.5, 0.6) is 0 Å². The van der Waals surface area contributed by atoms with Gasteiger partial charge in [-0.05, 0) is 28.5 Å². The third kappa shape index (κ3) is 1.76. The van der Waals surface area contributed by atoms with Crippen LogP contribution in [-0.4, -0.2) is 0 Å². The fraction of sp³-hybridized carbons (Fsp3) is 0. The van der Waals surface area contributed by atoms with Gasteiger partial charge in [0.25, 0.3) is 0 Å². The van der Waals surface area contributed by atoms with Gasteiger partial charge in [0, 0.05) is 6.07 Å². The van der Waals surface area contributed by atoms with E-state index in [2.05, 4.69) is 48.5 Å². The first-order valence-electron chi connectivity index (χ1n) is 6.70. The van der Waals surface area contributed by atoms with Crippen LogP contribution >= 0.6 is 0 Å². The summed E-state index contributed by atoms with van der Waals surface area (Å²) in [7, 11) is 0. The van der Waals surface area contributed by atoms with Crippen LogP contribution in [0.1, 0.15) is 0 Å². The lowest BCUT2D eigenvalue weighted by atomic mass is 10.0. The highest BCUT2D eigenvalue weighted by Gasteiger charge is 2.12. The van der Waals surface area contributed by atoms with Crippen LogP contribution in [0.25, 0.3) is 32.9 Å². The van der Waals surface area contributed by atoms with Gasteiger partial charge in [-0.2, -0.15) is 0 Å². The van der Waals surface area contributed by atoms with Crippen LogP contribution in [0.3, 0.4) is 0 Å². The lowest BCUT2D eigenvalue weighted by molar-refractivity contribution is 0.606. The molecule has 0 aliphatic carbocycles. The predicted octanol–water partition coefficient (Wildman–Crippen LogP) is 5.53. The zero-order valence-electron chi connectivity index (χ0n) is 10.9. The fourth-order valence-corrected chi connectivity index (χ4v) is 2.63. The molecule has 20 heavy (non-hydrogen) atoms. The first kappa shape index (κ1) is 11.2. The van der Waals surface area contributed by atoms with E-state index in [0.717, 1.165) is 16.5 Å². The summed E-state index contributed by atoms with van der Waals surface area (Å²) in [5, 5.41) is 3.62. The predicted molar refractivity (Wildman–Crippen MR) is 83.6 cm³/mol. The lowest BCUT2D eigenvalue weighted by Gasteiger charge is -2.00. The minimum absolute atomic E-state index is 0.920. The average Bonchev–Trinajstić information content (AvgIpc) is 2.55. The monoisotopic (exact) mass is 257 g/mol. The Kier molecular flexibility index (Phi) is 2.49. The third-order valence-corrected chi connectivity index (χ3v) is 3.65. The highest BCUT2D eigenvalue weighted by atomic mass is 16.3. The van der Waals surface area contributed by atoms with Gasteiger partial charge in [0.1, 0.15) is 0 Å². The van der Waals surface area contributed by atoms with Crippen LogP contribution in [-0.2, 0) is 0 Å². The zero-order valence-corrected chi connectivity index (χ0v) is 10.9. The van der Waals surface area contributed by atoms with Gasteiger partial charge in [-0.25, -0.2) is 4.42 Å². The standard InChI is InChI=1S/C19H13O/c1-2-6-14(7-3-1)16-12-18-17-9-5-4-8-15(17)10-11-19(18)20-13-16/h1-13H/q+1. The minimum atomic E-state index is 0.920. The molecular formula is C19H13O+. The Morgan fingerprint density at radius 3 is 2.30 bits per heavy atom. The molecule has 0 N–H and O–H groups in total. The minimum Gasteiger partial charge on any atom is -0.215 e. The molecule has 1 heterocycles. The smallest absolute Gasteiger partial charge is 0.215 e. The van der Waals surface area contributed by atoms with Crippen LogP contribution < -0.4 is 0 Å². The molecule has 1 aromatic heterocycles. The number of hydrogen-bond acceptors (Lipinski definition) is 0. The number of fused-ring (bicyclic) bond motifs is 3. The van der Waals surface area contributed by atoms with E-state index in [1.807, 2.05) is 30.5 Å². The highest BCUT2D eigenvalue weighted by molar-refractivity contribution is 6.06. The van der Waals surface area contributed by atoms with Crippen LogP contribution in [0.2, 0.25) is 0 Å². The van der Waals surface area contributed by atoms with Crippen molar-refractivity contribution in [3.05, 3.63) is 79.1 Å². The average molecular weight is 257 g/mol. The molecule has 0 amide bonds. The molecular weight excluding hydrogens is 244 g/mol. The van der Waals surface area contributed by atoms with Crippen LogP contribution in [0, 0.1) is 0 Å². The van der Waals surface area contributed by atoms with Crippen molar-refractivity contribution in [2.75, 3.05) is 0 Å². The van der Waals surface area contributed by atoms with Crippen LogP contribution in [0.4, 0.5) is 0 Å². The second kappa shape index (κ2) is 4.46. The van der Waals surface area contributed by atoms with E-state index in [-0.39, 0.29) is 0 Å². The summed E-state index contributed by atoms with van der Waals surface area (Å²) in [5.41, 5.74) is 3.20. The lowest BCUT2D eigenvalue weighted by Crippen LogP contribution is -1.81. The normalized spacial score (nSPS) is 11.0. The van der Waals surface area contributed by atoms with E-state index >= 15 is 0 Å². The Morgan fingerprint density at radius 2 is 1.40 bits per heavy atom. The SMILES string of the molecule is c1ccc(-c2c[o+]c3ccc4ccccc4c3c2)cc1.